The van der Waals surface area contributed by atoms with Crippen LogP contribution in [-0.2, 0) is 14.8 Å². The summed E-state index contributed by atoms with van der Waals surface area (Å²) in [5.74, 6) is 0.764. The first kappa shape index (κ1) is 20.5. The molecule has 160 valence electrons. The molecule has 0 aliphatic carbocycles. The van der Waals surface area contributed by atoms with Gasteiger partial charge in [0.1, 0.15) is 17.1 Å². The molecule has 0 bridgehead atoms. The Morgan fingerprint density at radius 1 is 1.17 bits per heavy atom. The molecule has 2 aliphatic heterocycles. The summed E-state index contributed by atoms with van der Waals surface area (Å²) in [5, 5.41) is 3.05. The van der Waals surface area contributed by atoms with Gasteiger partial charge < -0.3 is 14.8 Å². The van der Waals surface area contributed by atoms with Crippen molar-refractivity contribution in [1.29, 1.82) is 0 Å². The standard InChI is InChI=1S/C22H26N2O5S/c1-14-9-10-19-17(11-14)24(30(4,26)27)13-20(28-19)21(25)23-16-12-22(2,3)29-18-8-6-5-7-15(16)18/h5-11,16,20H,12-13H2,1-4H3,(H,23,25). The van der Waals surface area contributed by atoms with Gasteiger partial charge in [0.05, 0.1) is 24.5 Å². The quantitative estimate of drug-likeness (QED) is 0.809. The molecule has 2 unspecified atom stereocenters. The fraction of sp³-hybridized carbons (Fsp3) is 0.409. The van der Waals surface area contributed by atoms with Crippen LogP contribution < -0.4 is 19.1 Å². The molecule has 2 heterocycles. The van der Waals surface area contributed by atoms with E-state index in [2.05, 4.69) is 5.32 Å². The minimum Gasteiger partial charge on any atom is -0.487 e. The first-order chi connectivity index (χ1) is 14.0. The molecule has 2 atom stereocenters. The average molecular weight is 431 g/mol. The molecule has 2 aromatic rings. The Bertz CT molecular complexity index is 1100. The van der Waals surface area contributed by atoms with Gasteiger partial charge in [-0.05, 0) is 44.5 Å². The topological polar surface area (TPSA) is 84.9 Å². The highest BCUT2D eigenvalue weighted by molar-refractivity contribution is 7.92. The Labute approximate surface area is 177 Å². The number of carbonyl (C=O) groups excluding carboxylic acids is 1. The van der Waals surface area contributed by atoms with Gasteiger partial charge in [-0.2, -0.15) is 0 Å². The van der Waals surface area contributed by atoms with Gasteiger partial charge in [-0.1, -0.05) is 24.3 Å². The van der Waals surface area contributed by atoms with E-state index in [0.717, 1.165) is 23.1 Å². The van der Waals surface area contributed by atoms with Crippen LogP contribution in [0.4, 0.5) is 5.69 Å². The third kappa shape index (κ3) is 3.96. The highest BCUT2D eigenvalue weighted by atomic mass is 32.2. The van der Waals surface area contributed by atoms with E-state index in [0.29, 0.717) is 17.9 Å². The number of hydrogen-bond acceptors (Lipinski definition) is 5. The molecule has 0 saturated carbocycles. The second-order valence-corrected chi connectivity index (χ2v) is 10.4. The van der Waals surface area contributed by atoms with Gasteiger partial charge in [-0.25, -0.2) is 8.42 Å². The third-order valence-corrected chi connectivity index (χ3v) is 6.52. The highest BCUT2D eigenvalue weighted by Gasteiger charge is 2.39. The zero-order valence-corrected chi connectivity index (χ0v) is 18.3. The number of nitrogens with zero attached hydrogens (tertiary/aromatic N) is 1. The van der Waals surface area contributed by atoms with E-state index < -0.39 is 21.7 Å². The van der Waals surface area contributed by atoms with Crippen LogP contribution in [0.3, 0.4) is 0 Å². The maximum absolute atomic E-state index is 13.1. The highest BCUT2D eigenvalue weighted by Crippen LogP contribution is 2.40. The number of ether oxygens (including phenoxy) is 2. The average Bonchev–Trinajstić information content (AvgIpc) is 2.65. The number of sulfonamides is 1. The van der Waals surface area contributed by atoms with Crippen molar-refractivity contribution >= 4 is 21.6 Å². The van der Waals surface area contributed by atoms with Crippen molar-refractivity contribution in [2.75, 3.05) is 17.1 Å². The number of aryl methyl sites for hydroxylation is 1. The molecule has 30 heavy (non-hydrogen) atoms. The molecule has 0 saturated heterocycles. The molecule has 4 rings (SSSR count). The van der Waals surface area contributed by atoms with E-state index in [1.807, 2.05) is 51.1 Å². The number of anilines is 1. The second-order valence-electron chi connectivity index (χ2n) is 8.54. The minimum absolute atomic E-state index is 0.0740. The maximum Gasteiger partial charge on any atom is 0.263 e. The number of benzene rings is 2. The Balaban J connectivity index is 1.61. The normalized spacial score (nSPS) is 22.2. The molecule has 0 spiro atoms. The fourth-order valence-corrected chi connectivity index (χ4v) is 4.91. The molecule has 0 fully saturated rings. The van der Waals surface area contributed by atoms with Crippen molar-refractivity contribution in [3.05, 3.63) is 53.6 Å². The van der Waals surface area contributed by atoms with Crippen LogP contribution >= 0.6 is 0 Å². The first-order valence-corrected chi connectivity index (χ1v) is 11.7. The molecule has 1 N–H and O–H groups in total. The van der Waals surface area contributed by atoms with Crippen LogP contribution in [0.2, 0.25) is 0 Å². The molecule has 2 aliphatic rings. The molecule has 0 aromatic heterocycles. The largest absolute Gasteiger partial charge is 0.487 e. The van der Waals surface area contributed by atoms with E-state index >= 15 is 0 Å². The molecule has 2 aromatic carbocycles. The first-order valence-electron chi connectivity index (χ1n) is 9.87. The van der Waals surface area contributed by atoms with Crippen molar-refractivity contribution in [3.8, 4) is 11.5 Å². The minimum atomic E-state index is -3.57. The zero-order valence-electron chi connectivity index (χ0n) is 17.5. The van der Waals surface area contributed by atoms with Gasteiger partial charge in [-0.15, -0.1) is 0 Å². The molecular formula is C22H26N2O5S. The van der Waals surface area contributed by atoms with Crippen LogP contribution in [0.25, 0.3) is 0 Å². The number of nitrogens with one attached hydrogen (secondary N) is 1. The van der Waals surface area contributed by atoms with Crippen LogP contribution in [0, 0.1) is 6.92 Å². The van der Waals surface area contributed by atoms with Gasteiger partial charge in [0.2, 0.25) is 10.0 Å². The van der Waals surface area contributed by atoms with E-state index in [1.165, 1.54) is 4.31 Å². The van der Waals surface area contributed by atoms with E-state index in [-0.39, 0.29) is 18.5 Å². The van der Waals surface area contributed by atoms with Gasteiger partial charge in [0, 0.05) is 12.0 Å². The van der Waals surface area contributed by atoms with Gasteiger partial charge in [0.25, 0.3) is 5.91 Å². The smallest absolute Gasteiger partial charge is 0.263 e. The fourth-order valence-electron chi connectivity index (χ4n) is 4.01. The second kappa shape index (κ2) is 7.19. The number of rotatable bonds is 3. The Kier molecular flexibility index (Phi) is 4.92. The van der Waals surface area contributed by atoms with Crippen molar-refractivity contribution in [2.45, 2.75) is 44.9 Å². The summed E-state index contributed by atoms with van der Waals surface area (Å²) in [6.07, 6.45) is 0.776. The van der Waals surface area contributed by atoms with Crippen LogP contribution in [0.5, 0.6) is 11.5 Å². The molecule has 7 nitrogen and oxygen atoms in total. The Morgan fingerprint density at radius 2 is 1.90 bits per heavy atom. The Hall–Kier alpha value is -2.74. The predicted octanol–water partition coefficient (Wildman–Crippen LogP) is 2.94. The monoisotopic (exact) mass is 430 g/mol. The van der Waals surface area contributed by atoms with Crippen LogP contribution in [-0.4, -0.2) is 38.8 Å². The lowest BCUT2D eigenvalue weighted by atomic mass is 9.89. The summed E-state index contributed by atoms with van der Waals surface area (Å²) >= 11 is 0. The third-order valence-electron chi connectivity index (χ3n) is 5.37. The maximum atomic E-state index is 13.1. The summed E-state index contributed by atoms with van der Waals surface area (Å²) in [6.45, 7) is 5.76. The number of fused-ring (bicyclic) bond motifs is 2. The van der Waals surface area contributed by atoms with Crippen molar-refractivity contribution in [3.63, 3.8) is 0 Å². The summed E-state index contributed by atoms with van der Waals surface area (Å²) in [5.41, 5.74) is 1.83. The summed E-state index contributed by atoms with van der Waals surface area (Å²) in [4.78, 5) is 13.1. The number of amides is 1. The van der Waals surface area contributed by atoms with E-state index in [9.17, 15) is 13.2 Å². The summed E-state index contributed by atoms with van der Waals surface area (Å²) < 4.78 is 38.0. The molecule has 0 radical (unpaired) electrons. The van der Waals surface area contributed by atoms with Gasteiger partial charge in [0.15, 0.2) is 6.10 Å². The number of hydrogen-bond donors (Lipinski definition) is 1. The summed E-state index contributed by atoms with van der Waals surface area (Å²) in [7, 11) is -3.57. The number of para-hydroxylation sites is 1. The van der Waals surface area contributed by atoms with Crippen molar-refractivity contribution in [1.82, 2.24) is 5.32 Å². The lowest BCUT2D eigenvalue weighted by Gasteiger charge is -2.39. The summed E-state index contributed by atoms with van der Waals surface area (Å²) in [6, 6.07) is 12.6. The van der Waals surface area contributed by atoms with Crippen molar-refractivity contribution < 1.29 is 22.7 Å². The predicted molar refractivity (Wildman–Crippen MR) is 114 cm³/mol. The lowest BCUT2D eigenvalue weighted by molar-refractivity contribution is -0.129. The zero-order chi connectivity index (χ0) is 21.7. The van der Waals surface area contributed by atoms with E-state index in [4.69, 9.17) is 9.47 Å². The van der Waals surface area contributed by atoms with E-state index in [1.54, 1.807) is 12.1 Å². The van der Waals surface area contributed by atoms with Crippen molar-refractivity contribution in [2.24, 2.45) is 0 Å². The lowest BCUT2D eigenvalue weighted by Crippen LogP contribution is -2.52. The van der Waals surface area contributed by atoms with Gasteiger partial charge >= 0.3 is 0 Å². The Morgan fingerprint density at radius 3 is 2.63 bits per heavy atom. The number of carbonyl (C=O) groups is 1. The van der Waals surface area contributed by atoms with Crippen LogP contribution in [0.15, 0.2) is 42.5 Å². The van der Waals surface area contributed by atoms with Gasteiger partial charge in [-0.3, -0.25) is 9.10 Å². The SMILES string of the molecule is Cc1ccc2c(c1)N(S(C)(=O)=O)CC(C(=O)NC1CC(C)(C)Oc3ccccc31)O2. The molecule has 1 amide bonds. The van der Waals surface area contributed by atoms with Crippen LogP contribution in [0.1, 0.15) is 37.4 Å². The molecular weight excluding hydrogens is 404 g/mol. The molecule has 8 heteroatoms.